The fourth-order valence-electron chi connectivity index (χ4n) is 1.97. The van der Waals surface area contributed by atoms with E-state index in [9.17, 15) is 9.59 Å². The van der Waals surface area contributed by atoms with Crippen LogP contribution in [0.1, 0.15) is 27.2 Å². The number of likely N-dealkylation sites (N-methyl/N-ethyl adjacent to an activating group) is 1. The highest BCUT2D eigenvalue weighted by molar-refractivity contribution is 5.93. The number of halogens is 1. The average Bonchev–Trinajstić information content (AvgIpc) is 2.24. The zero-order valence-electron chi connectivity index (χ0n) is 10.9. The number of amides is 2. The van der Waals surface area contributed by atoms with Gasteiger partial charge in [-0.1, -0.05) is 6.92 Å². The number of carbonyl (C=O) groups excluding carboxylic acids is 2. The van der Waals surface area contributed by atoms with Crippen LogP contribution < -0.4 is 5.73 Å². The van der Waals surface area contributed by atoms with Gasteiger partial charge >= 0.3 is 0 Å². The number of rotatable bonds is 2. The molecule has 0 aliphatic carbocycles. The summed E-state index contributed by atoms with van der Waals surface area (Å²) >= 11 is 0. The van der Waals surface area contributed by atoms with E-state index < -0.39 is 11.6 Å². The molecule has 0 aromatic rings. The van der Waals surface area contributed by atoms with Gasteiger partial charge < -0.3 is 15.5 Å². The molecule has 0 unspecified atom stereocenters. The molecule has 0 saturated carbocycles. The third-order valence-corrected chi connectivity index (χ3v) is 3.23. The Kier molecular flexibility index (Phi) is 5.42. The Balaban J connectivity index is 0.00000256. The fraction of sp³-hybridized carbons (Fsp3) is 0.818. The summed E-state index contributed by atoms with van der Waals surface area (Å²) in [6.45, 7) is 6.54. The van der Waals surface area contributed by atoms with Gasteiger partial charge in [-0.2, -0.15) is 0 Å². The molecule has 100 valence electrons. The van der Waals surface area contributed by atoms with Gasteiger partial charge in [-0.15, -0.1) is 12.4 Å². The highest BCUT2D eigenvalue weighted by atomic mass is 35.5. The number of nitrogens with two attached hydrogens (primary N) is 1. The molecule has 1 rings (SSSR count). The van der Waals surface area contributed by atoms with E-state index in [1.54, 1.807) is 30.7 Å². The van der Waals surface area contributed by atoms with Crippen LogP contribution in [0.25, 0.3) is 0 Å². The quantitative estimate of drug-likeness (QED) is 0.775. The normalized spacial score (nSPS) is 20.9. The molecule has 0 bridgehead atoms. The molecule has 0 radical (unpaired) electrons. The molecule has 1 fully saturated rings. The Bertz CT molecular complexity index is 307. The van der Waals surface area contributed by atoms with Gasteiger partial charge in [0.2, 0.25) is 11.8 Å². The second-order valence-electron chi connectivity index (χ2n) is 4.79. The summed E-state index contributed by atoms with van der Waals surface area (Å²) in [5.74, 6) is -0.163. The monoisotopic (exact) mass is 263 g/mol. The van der Waals surface area contributed by atoms with E-state index in [4.69, 9.17) is 5.73 Å². The van der Waals surface area contributed by atoms with Crippen molar-refractivity contribution in [2.24, 2.45) is 5.73 Å². The van der Waals surface area contributed by atoms with Crippen molar-refractivity contribution in [3.05, 3.63) is 0 Å². The van der Waals surface area contributed by atoms with Gasteiger partial charge in [0.25, 0.3) is 0 Å². The van der Waals surface area contributed by atoms with E-state index in [1.807, 2.05) is 6.92 Å². The molecule has 2 amide bonds. The van der Waals surface area contributed by atoms with Gasteiger partial charge in [0.1, 0.15) is 5.54 Å². The van der Waals surface area contributed by atoms with Crippen molar-refractivity contribution >= 4 is 24.2 Å². The summed E-state index contributed by atoms with van der Waals surface area (Å²) in [6, 6.07) is -0.504. The number of hydrogen-bond acceptors (Lipinski definition) is 3. The molecule has 17 heavy (non-hydrogen) atoms. The Morgan fingerprint density at radius 2 is 2.00 bits per heavy atom. The lowest BCUT2D eigenvalue weighted by atomic mass is 9.96. The van der Waals surface area contributed by atoms with Crippen LogP contribution in [-0.2, 0) is 9.59 Å². The molecule has 1 aliphatic heterocycles. The van der Waals surface area contributed by atoms with Crippen LogP contribution in [0.5, 0.6) is 0 Å². The summed E-state index contributed by atoms with van der Waals surface area (Å²) in [6.07, 6.45) is 0.593. The molecule has 6 heteroatoms. The lowest BCUT2D eigenvalue weighted by molar-refractivity contribution is -0.158. The third-order valence-electron chi connectivity index (χ3n) is 3.23. The molecule has 0 aromatic heterocycles. The van der Waals surface area contributed by atoms with Gasteiger partial charge in [-0.3, -0.25) is 9.59 Å². The topological polar surface area (TPSA) is 66.6 Å². The second kappa shape index (κ2) is 5.69. The first kappa shape index (κ1) is 16.2. The maximum absolute atomic E-state index is 12.0. The largest absolute Gasteiger partial charge is 0.342 e. The first-order chi connectivity index (χ1) is 7.32. The van der Waals surface area contributed by atoms with E-state index in [0.29, 0.717) is 19.5 Å². The highest BCUT2D eigenvalue weighted by Crippen LogP contribution is 2.22. The standard InChI is InChI=1S/C11H21N3O2.ClH/c1-5-8(12)9(15)14-7-6-13(4)10(16)11(14,2)3;/h8H,5-7,12H2,1-4H3;1H/t8-;/m0./s1. The second-order valence-corrected chi connectivity index (χ2v) is 4.79. The number of hydrogen-bond donors (Lipinski definition) is 1. The number of piperazine rings is 1. The van der Waals surface area contributed by atoms with Crippen LogP contribution in [-0.4, -0.2) is 53.3 Å². The van der Waals surface area contributed by atoms with E-state index >= 15 is 0 Å². The molecule has 0 aromatic carbocycles. The van der Waals surface area contributed by atoms with Crippen LogP contribution in [0.15, 0.2) is 0 Å². The van der Waals surface area contributed by atoms with Crippen molar-refractivity contribution in [2.75, 3.05) is 20.1 Å². The van der Waals surface area contributed by atoms with Crippen LogP contribution in [0.3, 0.4) is 0 Å². The van der Waals surface area contributed by atoms with Gasteiger partial charge in [0.05, 0.1) is 6.04 Å². The average molecular weight is 264 g/mol. The van der Waals surface area contributed by atoms with Gasteiger partial charge in [-0.25, -0.2) is 0 Å². The van der Waals surface area contributed by atoms with E-state index in [1.165, 1.54) is 0 Å². The first-order valence-corrected chi connectivity index (χ1v) is 5.65. The molecule has 1 heterocycles. The van der Waals surface area contributed by atoms with Crippen molar-refractivity contribution in [3.8, 4) is 0 Å². The molecule has 2 N–H and O–H groups in total. The third kappa shape index (κ3) is 2.90. The number of nitrogens with zero attached hydrogens (tertiary/aromatic N) is 2. The molecular weight excluding hydrogens is 242 g/mol. The smallest absolute Gasteiger partial charge is 0.247 e. The minimum Gasteiger partial charge on any atom is -0.342 e. The van der Waals surface area contributed by atoms with Gasteiger partial charge in [0, 0.05) is 20.1 Å². The van der Waals surface area contributed by atoms with E-state index in [-0.39, 0.29) is 24.2 Å². The summed E-state index contributed by atoms with van der Waals surface area (Å²) < 4.78 is 0. The molecule has 1 aliphatic rings. The van der Waals surface area contributed by atoms with Crippen molar-refractivity contribution in [2.45, 2.75) is 38.8 Å². The summed E-state index contributed by atoms with van der Waals surface area (Å²) in [5, 5.41) is 0. The Labute approximate surface area is 109 Å². The summed E-state index contributed by atoms with van der Waals surface area (Å²) in [7, 11) is 1.76. The molecule has 5 nitrogen and oxygen atoms in total. The van der Waals surface area contributed by atoms with Crippen LogP contribution in [0, 0.1) is 0 Å². The molecule has 1 atom stereocenters. The van der Waals surface area contributed by atoms with Crippen LogP contribution in [0.2, 0.25) is 0 Å². The predicted molar refractivity (Wildman–Crippen MR) is 68.9 cm³/mol. The van der Waals surface area contributed by atoms with Crippen molar-refractivity contribution in [1.82, 2.24) is 9.80 Å². The first-order valence-electron chi connectivity index (χ1n) is 5.65. The highest BCUT2D eigenvalue weighted by Gasteiger charge is 2.43. The zero-order valence-corrected chi connectivity index (χ0v) is 11.7. The SMILES string of the molecule is CC[C@H](N)C(=O)N1CCN(C)C(=O)C1(C)C.Cl. The van der Waals surface area contributed by atoms with Gasteiger partial charge in [-0.05, 0) is 20.3 Å². The van der Waals surface area contributed by atoms with Crippen LogP contribution in [0.4, 0.5) is 0 Å². The maximum atomic E-state index is 12.0. The fourth-order valence-corrected chi connectivity index (χ4v) is 1.97. The van der Waals surface area contributed by atoms with Crippen molar-refractivity contribution in [3.63, 3.8) is 0 Å². The summed E-state index contributed by atoms with van der Waals surface area (Å²) in [5.41, 5.74) is 4.95. The predicted octanol–water partition coefficient (Wildman–Crippen LogP) is 0.225. The minimum atomic E-state index is -0.781. The van der Waals surface area contributed by atoms with Gasteiger partial charge in [0.15, 0.2) is 0 Å². The van der Waals surface area contributed by atoms with Crippen molar-refractivity contribution < 1.29 is 9.59 Å². The lowest BCUT2D eigenvalue weighted by Gasteiger charge is -2.45. The minimum absolute atomic E-state index is 0. The molecular formula is C11H22ClN3O2. The molecule has 1 saturated heterocycles. The van der Waals surface area contributed by atoms with Crippen LogP contribution >= 0.6 is 12.4 Å². The Hall–Kier alpha value is -0.810. The maximum Gasteiger partial charge on any atom is 0.247 e. The summed E-state index contributed by atoms with van der Waals surface area (Å²) in [4.78, 5) is 27.2. The Morgan fingerprint density at radius 3 is 2.47 bits per heavy atom. The van der Waals surface area contributed by atoms with Crippen molar-refractivity contribution in [1.29, 1.82) is 0 Å². The zero-order chi connectivity index (χ0) is 12.5. The molecule has 0 spiro atoms. The van der Waals surface area contributed by atoms with E-state index in [0.717, 1.165) is 0 Å². The Morgan fingerprint density at radius 1 is 1.47 bits per heavy atom. The lowest BCUT2D eigenvalue weighted by Crippen LogP contribution is -2.65. The van der Waals surface area contributed by atoms with E-state index in [2.05, 4.69) is 0 Å². The number of carbonyl (C=O) groups is 2.